The smallest absolute Gasteiger partial charge is 0.267 e. The predicted octanol–water partition coefficient (Wildman–Crippen LogP) is 3.00. The van der Waals surface area contributed by atoms with Crippen LogP contribution in [0, 0.1) is 13.8 Å². The van der Waals surface area contributed by atoms with Crippen molar-refractivity contribution in [2.24, 2.45) is 0 Å². The molecule has 1 aromatic heterocycles. The second kappa shape index (κ2) is 9.89. The molecule has 1 heterocycles. The van der Waals surface area contributed by atoms with E-state index in [4.69, 9.17) is 5.21 Å². The van der Waals surface area contributed by atoms with E-state index in [0.29, 0.717) is 0 Å². The van der Waals surface area contributed by atoms with Gasteiger partial charge in [0.1, 0.15) is 0 Å². The van der Waals surface area contributed by atoms with Gasteiger partial charge in [-0.1, -0.05) is 31.2 Å². The first kappa shape index (κ1) is 19.9. The van der Waals surface area contributed by atoms with Gasteiger partial charge >= 0.3 is 0 Å². The maximum absolute atomic E-state index is 11.0. The highest BCUT2D eigenvalue weighted by molar-refractivity contribution is 5.90. The number of carbonyl (C=O) groups is 1. The van der Waals surface area contributed by atoms with Crippen LogP contribution in [0.5, 0.6) is 0 Å². The Kier molecular flexibility index (Phi) is 7.56. The van der Waals surface area contributed by atoms with E-state index in [1.54, 1.807) is 11.6 Å². The van der Waals surface area contributed by atoms with Gasteiger partial charge in [0.15, 0.2) is 0 Å². The molecule has 0 fully saturated rings. The number of amides is 1. The molecule has 0 atom stereocenters. The molecule has 1 amide bonds. The van der Waals surface area contributed by atoms with Gasteiger partial charge in [-0.2, -0.15) is 5.10 Å². The van der Waals surface area contributed by atoms with Crippen molar-refractivity contribution in [2.75, 3.05) is 13.1 Å². The molecular formula is C20H28N4O2. The van der Waals surface area contributed by atoms with Gasteiger partial charge in [0.2, 0.25) is 0 Å². The third-order valence-corrected chi connectivity index (χ3v) is 4.42. The van der Waals surface area contributed by atoms with E-state index < -0.39 is 5.91 Å². The standard InChI is InChI=1S/C20H28N4O2/c1-4-12-24(13-11-19-15(2)21-22-16(19)3)14-18-7-5-17(6-8-18)9-10-20(25)23-26/h5-10,26H,4,11-14H2,1-3H3,(H,21,22)(H,23,25)/b10-9+. The van der Waals surface area contributed by atoms with Crippen LogP contribution in [0.3, 0.4) is 0 Å². The predicted molar refractivity (Wildman–Crippen MR) is 103 cm³/mol. The highest BCUT2D eigenvalue weighted by Gasteiger charge is 2.10. The maximum Gasteiger partial charge on any atom is 0.267 e. The van der Waals surface area contributed by atoms with Crippen molar-refractivity contribution in [3.63, 3.8) is 0 Å². The van der Waals surface area contributed by atoms with Crippen LogP contribution in [0.1, 0.15) is 41.4 Å². The van der Waals surface area contributed by atoms with E-state index in [1.807, 2.05) is 19.1 Å². The van der Waals surface area contributed by atoms with Crippen LogP contribution >= 0.6 is 0 Å². The zero-order valence-corrected chi connectivity index (χ0v) is 15.7. The topological polar surface area (TPSA) is 81.2 Å². The molecular weight excluding hydrogens is 328 g/mol. The second-order valence-electron chi connectivity index (χ2n) is 6.49. The summed E-state index contributed by atoms with van der Waals surface area (Å²) in [7, 11) is 0. The fourth-order valence-corrected chi connectivity index (χ4v) is 3.00. The number of hydrogen-bond acceptors (Lipinski definition) is 4. The largest absolute Gasteiger partial charge is 0.299 e. The highest BCUT2D eigenvalue weighted by atomic mass is 16.5. The Morgan fingerprint density at radius 1 is 1.27 bits per heavy atom. The molecule has 0 unspecified atom stereocenters. The molecule has 1 aromatic carbocycles. The normalized spacial score (nSPS) is 11.4. The molecule has 0 aliphatic heterocycles. The molecule has 2 rings (SSSR count). The summed E-state index contributed by atoms with van der Waals surface area (Å²) in [6.45, 7) is 9.25. The van der Waals surface area contributed by atoms with E-state index >= 15 is 0 Å². The fraction of sp³-hybridized carbons (Fsp3) is 0.400. The second-order valence-corrected chi connectivity index (χ2v) is 6.49. The lowest BCUT2D eigenvalue weighted by molar-refractivity contribution is -0.124. The van der Waals surface area contributed by atoms with Crippen molar-refractivity contribution in [1.82, 2.24) is 20.6 Å². The molecule has 140 valence electrons. The molecule has 6 nitrogen and oxygen atoms in total. The number of aromatic amines is 1. The van der Waals surface area contributed by atoms with Crippen LogP contribution in [0.2, 0.25) is 0 Å². The highest BCUT2D eigenvalue weighted by Crippen LogP contribution is 2.13. The third kappa shape index (κ3) is 5.82. The Morgan fingerprint density at radius 3 is 2.58 bits per heavy atom. The van der Waals surface area contributed by atoms with Crippen LogP contribution in [0.15, 0.2) is 30.3 Å². The number of H-pyrrole nitrogens is 1. The van der Waals surface area contributed by atoms with Gasteiger partial charge < -0.3 is 0 Å². The number of aryl methyl sites for hydroxylation is 2. The van der Waals surface area contributed by atoms with Gasteiger partial charge in [-0.25, -0.2) is 5.48 Å². The first-order chi connectivity index (χ1) is 12.5. The SMILES string of the molecule is CCCN(CCc1c(C)n[nH]c1C)Cc1ccc(/C=C/C(=O)NO)cc1. The summed E-state index contributed by atoms with van der Waals surface area (Å²) >= 11 is 0. The lowest BCUT2D eigenvalue weighted by Crippen LogP contribution is -2.26. The lowest BCUT2D eigenvalue weighted by Gasteiger charge is -2.22. The summed E-state index contributed by atoms with van der Waals surface area (Å²) in [6.07, 6.45) is 5.07. The van der Waals surface area contributed by atoms with Crippen molar-refractivity contribution in [3.8, 4) is 0 Å². The van der Waals surface area contributed by atoms with Gasteiger partial charge in [0, 0.05) is 24.9 Å². The third-order valence-electron chi connectivity index (χ3n) is 4.42. The number of hydrogen-bond donors (Lipinski definition) is 3. The molecule has 3 N–H and O–H groups in total. The Labute approximate surface area is 154 Å². The van der Waals surface area contributed by atoms with Gasteiger partial charge in [0.05, 0.1) is 5.69 Å². The van der Waals surface area contributed by atoms with Crippen LogP contribution in [-0.2, 0) is 17.8 Å². The van der Waals surface area contributed by atoms with Crippen molar-refractivity contribution >= 4 is 12.0 Å². The minimum atomic E-state index is -0.534. The van der Waals surface area contributed by atoms with Crippen molar-refractivity contribution < 1.29 is 10.0 Å². The van der Waals surface area contributed by atoms with Gasteiger partial charge in [-0.05, 0) is 56.0 Å². The van der Waals surface area contributed by atoms with E-state index in [2.05, 4.69) is 41.1 Å². The number of carbonyl (C=O) groups excluding carboxylic acids is 1. The van der Waals surface area contributed by atoms with E-state index in [-0.39, 0.29) is 0 Å². The monoisotopic (exact) mass is 356 g/mol. The van der Waals surface area contributed by atoms with Gasteiger partial charge in [-0.3, -0.25) is 20.0 Å². The number of hydroxylamine groups is 1. The fourth-order valence-electron chi connectivity index (χ4n) is 3.00. The van der Waals surface area contributed by atoms with Crippen LogP contribution in [-0.4, -0.2) is 39.3 Å². The Bertz CT molecular complexity index is 715. The minimum Gasteiger partial charge on any atom is -0.299 e. The molecule has 0 radical (unpaired) electrons. The quantitative estimate of drug-likeness (QED) is 0.366. The average Bonchev–Trinajstić information content (AvgIpc) is 2.97. The number of nitrogens with one attached hydrogen (secondary N) is 2. The Hall–Kier alpha value is -2.44. The molecule has 0 saturated heterocycles. The average molecular weight is 356 g/mol. The molecule has 0 aliphatic carbocycles. The number of aromatic nitrogens is 2. The van der Waals surface area contributed by atoms with Crippen molar-refractivity contribution in [2.45, 2.75) is 40.2 Å². The van der Waals surface area contributed by atoms with Gasteiger partial charge in [0.25, 0.3) is 5.91 Å². The molecule has 0 saturated carbocycles. The summed E-state index contributed by atoms with van der Waals surface area (Å²) in [4.78, 5) is 13.5. The minimum absolute atomic E-state index is 0.534. The number of nitrogens with zero attached hydrogens (tertiary/aromatic N) is 2. The molecule has 0 spiro atoms. The van der Waals surface area contributed by atoms with Crippen molar-refractivity contribution in [3.05, 3.63) is 58.4 Å². The molecule has 2 aromatic rings. The maximum atomic E-state index is 11.0. The van der Waals surface area contributed by atoms with E-state index in [1.165, 1.54) is 17.2 Å². The Morgan fingerprint density at radius 2 is 2.00 bits per heavy atom. The number of rotatable bonds is 9. The van der Waals surface area contributed by atoms with E-state index in [0.717, 1.165) is 49.4 Å². The zero-order valence-electron chi connectivity index (χ0n) is 15.7. The van der Waals surface area contributed by atoms with Gasteiger partial charge in [-0.15, -0.1) is 0 Å². The van der Waals surface area contributed by atoms with E-state index in [9.17, 15) is 4.79 Å². The van der Waals surface area contributed by atoms with Crippen molar-refractivity contribution in [1.29, 1.82) is 0 Å². The zero-order chi connectivity index (χ0) is 18.9. The molecule has 26 heavy (non-hydrogen) atoms. The first-order valence-corrected chi connectivity index (χ1v) is 8.97. The summed E-state index contributed by atoms with van der Waals surface area (Å²) in [5, 5.41) is 15.8. The molecule has 6 heteroatoms. The van der Waals surface area contributed by atoms with Crippen LogP contribution in [0.25, 0.3) is 6.08 Å². The molecule has 0 aliphatic rings. The summed E-state index contributed by atoms with van der Waals surface area (Å²) < 4.78 is 0. The van der Waals surface area contributed by atoms with Crippen LogP contribution in [0.4, 0.5) is 0 Å². The summed E-state index contributed by atoms with van der Waals surface area (Å²) in [5.74, 6) is -0.534. The summed E-state index contributed by atoms with van der Waals surface area (Å²) in [6, 6.07) is 8.11. The lowest BCUT2D eigenvalue weighted by atomic mass is 10.1. The summed E-state index contributed by atoms with van der Waals surface area (Å²) in [5.41, 5.74) is 7.29. The van der Waals surface area contributed by atoms with Crippen LogP contribution < -0.4 is 5.48 Å². The Balaban J connectivity index is 1.96. The molecule has 0 bridgehead atoms. The first-order valence-electron chi connectivity index (χ1n) is 8.97. The number of benzene rings is 1.